The highest BCUT2D eigenvalue weighted by atomic mass is 79.9. The summed E-state index contributed by atoms with van der Waals surface area (Å²) in [5.41, 5.74) is 0.315. The van der Waals surface area contributed by atoms with Gasteiger partial charge in [-0.25, -0.2) is 8.42 Å². The lowest BCUT2D eigenvalue weighted by Crippen LogP contribution is -2.54. The molecule has 3 aromatic carbocycles. The number of hydrogen-bond acceptors (Lipinski definition) is 4. The topological polar surface area (TPSA) is 86.8 Å². The summed E-state index contributed by atoms with van der Waals surface area (Å²) >= 11 is 15.8. The van der Waals surface area contributed by atoms with E-state index in [4.69, 9.17) is 23.2 Å². The number of sulfonamides is 1. The molecule has 0 spiro atoms. The van der Waals surface area contributed by atoms with Crippen LogP contribution < -0.4 is 9.62 Å². The van der Waals surface area contributed by atoms with Crippen LogP contribution in [0.4, 0.5) is 5.69 Å². The Hall–Kier alpha value is -2.59. The van der Waals surface area contributed by atoms with E-state index < -0.39 is 34.1 Å². The van der Waals surface area contributed by atoms with Gasteiger partial charge in [0.05, 0.1) is 10.6 Å². The Morgan fingerprint density at radius 3 is 2.15 bits per heavy atom. The highest BCUT2D eigenvalue weighted by Crippen LogP contribution is 2.27. The second-order valence-corrected chi connectivity index (χ2v) is 13.6. The highest BCUT2D eigenvalue weighted by molar-refractivity contribution is 9.10. The number of amides is 2. The van der Waals surface area contributed by atoms with Gasteiger partial charge >= 0.3 is 0 Å². The molecule has 0 aliphatic carbocycles. The molecule has 1 N–H and O–H groups in total. The zero-order chi connectivity index (χ0) is 29.0. The van der Waals surface area contributed by atoms with Crippen LogP contribution in [0.15, 0.2) is 82.2 Å². The van der Waals surface area contributed by atoms with Crippen LogP contribution in [0.3, 0.4) is 0 Å². The quantitative estimate of drug-likeness (QED) is 0.294. The third-order valence-corrected chi connectivity index (χ3v) is 8.65. The maximum absolute atomic E-state index is 13.9. The first-order valence-electron chi connectivity index (χ1n) is 12.1. The van der Waals surface area contributed by atoms with E-state index in [1.54, 1.807) is 67.6 Å². The Balaban J connectivity index is 2.04. The minimum atomic E-state index is -4.13. The van der Waals surface area contributed by atoms with Crippen molar-refractivity contribution in [2.45, 2.75) is 50.7 Å². The molecule has 0 bridgehead atoms. The third-order valence-electron chi connectivity index (χ3n) is 5.75. The SMILES string of the molecule is CC(C(=O)NC(C)(C)C)N(Cc1ccc(Cl)cc1Cl)C(=O)CN(c1ccc(Br)cc1)S(=O)(=O)c1ccccc1. The van der Waals surface area contributed by atoms with Crippen LogP contribution >= 0.6 is 39.1 Å². The number of carbonyl (C=O) groups is 2. The summed E-state index contributed by atoms with van der Waals surface area (Å²) in [7, 11) is -4.13. The van der Waals surface area contributed by atoms with Crippen molar-refractivity contribution in [3.8, 4) is 0 Å². The van der Waals surface area contributed by atoms with Crippen LogP contribution in [0.5, 0.6) is 0 Å². The number of carbonyl (C=O) groups excluding carboxylic acids is 2. The van der Waals surface area contributed by atoms with Crippen LogP contribution in [0.2, 0.25) is 10.0 Å². The van der Waals surface area contributed by atoms with Crippen LogP contribution in [0, 0.1) is 0 Å². The molecule has 2 amide bonds. The molecule has 0 heterocycles. The van der Waals surface area contributed by atoms with Gasteiger partial charge in [-0.1, -0.05) is 63.4 Å². The first-order valence-corrected chi connectivity index (χ1v) is 15.1. The molecule has 1 unspecified atom stereocenters. The van der Waals surface area contributed by atoms with Gasteiger partial charge in [-0.2, -0.15) is 0 Å². The van der Waals surface area contributed by atoms with Gasteiger partial charge in [-0.15, -0.1) is 0 Å². The monoisotopic (exact) mass is 653 g/mol. The molecular formula is C28H30BrCl2N3O4S. The van der Waals surface area contributed by atoms with Crippen LogP contribution in [0.1, 0.15) is 33.3 Å². The first kappa shape index (κ1) is 30.9. The van der Waals surface area contributed by atoms with E-state index in [1.807, 2.05) is 20.8 Å². The van der Waals surface area contributed by atoms with Gasteiger partial charge in [-0.3, -0.25) is 13.9 Å². The summed E-state index contributed by atoms with van der Waals surface area (Å²) in [5.74, 6) is -0.970. The van der Waals surface area contributed by atoms with Crippen LogP contribution in [-0.4, -0.2) is 43.3 Å². The summed E-state index contributed by atoms with van der Waals surface area (Å²) in [4.78, 5) is 28.4. The van der Waals surface area contributed by atoms with E-state index in [9.17, 15) is 18.0 Å². The Morgan fingerprint density at radius 1 is 0.974 bits per heavy atom. The van der Waals surface area contributed by atoms with Crippen LogP contribution in [0.25, 0.3) is 0 Å². The van der Waals surface area contributed by atoms with Crippen LogP contribution in [-0.2, 0) is 26.2 Å². The Labute approximate surface area is 248 Å². The fourth-order valence-corrected chi connectivity index (χ4v) is 5.91. The Kier molecular flexibility index (Phi) is 10.1. The number of rotatable bonds is 9. The zero-order valence-corrected chi connectivity index (χ0v) is 25.9. The van der Waals surface area contributed by atoms with Gasteiger partial charge in [-0.05, 0) is 81.8 Å². The number of halogens is 3. The molecule has 0 fully saturated rings. The van der Waals surface area contributed by atoms with E-state index in [2.05, 4.69) is 21.2 Å². The lowest BCUT2D eigenvalue weighted by atomic mass is 10.1. The second kappa shape index (κ2) is 12.7. The van der Waals surface area contributed by atoms with Crippen molar-refractivity contribution in [1.29, 1.82) is 0 Å². The number of benzene rings is 3. The second-order valence-electron chi connectivity index (χ2n) is 9.97. The van der Waals surface area contributed by atoms with Gasteiger partial charge < -0.3 is 10.2 Å². The predicted molar refractivity (Wildman–Crippen MR) is 159 cm³/mol. The summed E-state index contributed by atoms with van der Waals surface area (Å²) in [6, 6.07) is 18.4. The lowest BCUT2D eigenvalue weighted by molar-refractivity contribution is -0.140. The summed E-state index contributed by atoms with van der Waals surface area (Å²) in [5, 5.41) is 3.64. The molecule has 0 aliphatic rings. The standard InChI is InChI=1S/C28H30BrCl2N3O4S/c1-19(27(36)32-28(2,3)4)33(17-20-10-13-22(30)16-25(20)31)26(35)18-34(23-14-11-21(29)12-15-23)39(37,38)24-8-6-5-7-9-24/h5-16,19H,17-18H2,1-4H3,(H,32,36). The third kappa shape index (κ3) is 8.20. The lowest BCUT2D eigenvalue weighted by Gasteiger charge is -2.33. The molecular weight excluding hydrogens is 625 g/mol. The molecule has 0 aromatic heterocycles. The van der Waals surface area contributed by atoms with Crippen molar-refractivity contribution in [3.05, 3.63) is 92.9 Å². The molecule has 3 rings (SSSR count). The Morgan fingerprint density at radius 2 is 1.59 bits per heavy atom. The Bertz CT molecular complexity index is 1430. The van der Waals surface area contributed by atoms with E-state index in [0.717, 1.165) is 8.78 Å². The average Bonchev–Trinajstić information content (AvgIpc) is 2.86. The first-order chi connectivity index (χ1) is 18.2. The van der Waals surface area contributed by atoms with Gasteiger partial charge in [0.25, 0.3) is 10.0 Å². The normalized spacial score (nSPS) is 12.5. The predicted octanol–water partition coefficient (Wildman–Crippen LogP) is 6.28. The fraction of sp³-hybridized carbons (Fsp3) is 0.286. The van der Waals surface area contributed by atoms with E-state index >= 15 is 0 Å². The minimum Gasteiger partial charge on any atom is -0.350 e. The van der Waals surface area contributed by atoms with Gasteiger partial charge in [0, 0.05) is 26.6 Å². The largest absolute Gasteiger partial charge is 0.350 e. The van der Waals surface area contributed by atoms with Crippen molar-refractivity contribution < 1.29 is 18.0 Å². The van der Waals surface area contributed by atoms with Crippen molar-refractivity contribution in [2.75, 3.05) is 10.8 Å². The molecule has 39 heavy (non-hydrogen) atoms. The molecule has 0 radical (unpaired) electrons. The summed E-state index contributed by atoms with van der Waals surface area (Å²) in [6.45, 7) is 6.52. The number of anilines is 1. The van der Waals surface area contributed by atoms with Gasteiger partial charge in [0.2, 0.25) is 11.8 Å². The molecule has 0 saturated carbocycles. The molecule has 208 valence electrons. The summed E-state index contributed by atoms with van der Waals surface area (Å²) in [6.07, 6.45) is 0. The molecule has 7 nitrogen and oxygen atoms in total. The molecule has 0 aliphatic heterocycles. The molecule has 0 saturated heterocycles. The number of nitrogens with zero attached hydrogens (tertiary/aromatic N) is 2. The fourth-order valence-electron chi connectivity index (χ4n) is 3.75. The number of hydrogen-bond donors (Lipinski definition) is 1. The van der Waals surface area contributed by atoms with E-state index in [0.29, 0.717) is 21.3 Å². The number of nitrogens with one attached hydrogen (secondary N) is 1. The van der Waals surface area contributed by atoms with Crippen molar-refractivity contribution in [1.82, 2.24) is 10.2 Å². The van der Waals surface area contributed by atoms with Crippen molar-refractivity contribution in [3.63, 3.8) is 0 Å². The molecule has 1 atom stereocenters. The smallest absolute Gasteiger partial charge is 0.264 e. The minimum absolute atomic E-state index is 0.0338. The van der Waals surface area contributed by atoms with Gasteiger partial charge in [0.15, 0.2) is 0 Å². The zero-order valence-electron chi connectivity index (χ0n) is 22.0. The maximum atomic E-state index is 13.9. The van der Waals surface area contributed by atoms with Gasteiger partial charge in [0.1, 0.15) is 12.6 Å². The summed E-state index contributed by atoms with van der Waals surface area (Å²) < 4.78 is 29.3. The molecule has 3 aromatic rings. The molecule has 11 heteroatoms. The average molecular weight is 655 g/mol. The maximum Gasteiger partial charge on any atom is 0.264 e. The van der Waals surface area contributed by atoms with Crippen molar-refractivity contribution >= 4 is 66.7 Å². The van der Waals surface area contributed by atoms with E-state index in [-0.39, 0.29) is 17.3 Å². The van der Waals surface area contributed by atoms with Crippen molar-refractivity contribution in [2.24, 2.45) is 0 Å². The van der Waals surface area contributed by atoms with E-state index in [1.165, 1.54) is 17.0 Å². The highest BCUT2D eigenvalue weighted by Gasteiger charge is 2.33.